The Hall–Kier alpha value is -0.820. The molecule has 1 heteroatoms. The molecule has 0 aromatic heterocycles. The van der Waals surface area contributed by atoms with Crippen molar-refractivity contribution in [3.05, 3.63) is 35.4 Å². The van der Waals surface area contributed by atoms with Crippen LogP contribution in [0, 0.1) is 11.3 Å². The Balaban J connectivity index is 1.74. The van der Waals surface area contributed by atoms with Gasteiger partial charge in [-0.25, -0.2) is 0 Å². The van der Waals surface area contributed by atoms with Crippen molar-refractivity contribution in [2.45, 2.75) is 70.8 Å². The van der Waals surface area contributed by atoms with E-state index in [1.54, 1.807) is 0 Å². The number of rotatable bonds is 3. The molecule has 2 unspecified atom stereocenters. The zero-order chi connectivity index (χ0) is 14.2. The Morgan fingerprint density at radius 2 is 1.70 bits per heavy atom. The van der Waals surface area contributed by atoms with Crippen molar-refractivity contribution in [2.75, 3.05) is 0 Å². The van der Waals surface area contributed by atoms with Crippen molar-refractivity contribution in [3.8, 4) is 0 Å². The zero-order valence-electron chi connectivity index (χ0n) is 12.9. The van der Waals surface area contributed by atoms with Crippen molar-refractivity contribution < 1.29 is 5.11 Å². The van der Waals surface area contributed by atoms with Gasteiger partial charge in [0.15, 0.2) is 0 Å². The maximum atomic E-state index is 10.8. The second-order valence-electron chi connectivity index (χ2n) is 7.58. The van der Waals surface area contributed by atoms with Gasteiger partial charge in [0.05, 0.1) is 6.10 Å². The molecule has 3 rings (SSSR count). The number of aliphatic hydroxyl groups is 1. The smallest absolute Gasteiger partial charge is 0.0823 e. The summed E-state index contributed by atoms with van der Waals surface area (Å²) >= 11 is 0. The van der Waals surface area contributed by atoms with Crippen LogP contribution in [0.2, 0.25) is 0 Å². The normalized spacial score (nSPS) is 27.9. The summed E-state index contributed by atoms with van der Waals surface area (Å²) in [6, 6.07) is 8.84. The minimum atomic E-state index is -0.291. The lowest BCUT2D eigenvalue weighted by Crippen LogP contribution is -2.32. The Labute approximate surface area is 123 Å². The fraction of sp³-hybridized carbons (Fsp3) is 0.684. The van der Waals surface area contributed by atoms with Gasteiger partial charge in [-0.3, -0.25) is 0 Å². The molecule has 2 aliphatic rings. The highest BCUT2D eigenvalue weighted by Gasteiger charge is 2.37. The highest BCUT2D eigenvalue weighted by Crippen LogP contribution is 2.47. The molecule has 2 fully saturated rings. The molecule has 110 valence electrons. The van der Waals surface area contributed by atoms with Gasteiger partial charge in [-0.15, -0.1) is 0 Å². The molecule has 0 bridgehead atoms. The highest BCUT2D eigenvalue weighted by atomic mass is 16.3. The predicted octanol–water partition coefficient (Wildman–Crippen LogP) is 5.20. The van der Waals surface area contributed by atoms with Crippen LogP contribution >= 0.6 is 0 Å². The molecule has 1 nitrogen and oxygen atoms in total. The summed E-state index contributed by atoms with van der Waals surface area (Å²) in [6.07, 6.45) is 8.77. The molecule has 2 aliphatic carbocycles. The van der Waals surface area contributed by atoms with Gasteiger partial charge >= 0.3 is 0 Å². The lowest BCUT2D eigenvalue weighted by Gasteiger charge is -2.41. The van der Waals surface area contributed by atoms with Gasteiger partial charge in [0.2, 0.25) is 0 Å². The van der Waals surface area contributed by atoms with Gasteiger partial charge in [0.25, 0.3) is 0 Å². The van der Waals surface area contributed by atoms with Gasteiger partial charge in [-0.1, -0.05) is 57.4 Å². The zero-order valence-corrected chi connectivity index (χ0v) is 12.9. The monoisotopic (exact) mass is 272 g/mol. The van der Waals surface area contributed by atoms with E-state index in [1.807, 2.05) is 0 Å². The van der Waals surface area contributed by atoms with Crippen LogP contribution < -0.4 is 0 Å². The van der Waals surface area contributed by atoms with Crippen LogP contribution in [0.4, 0.5) is 0 Å². The standard InChI is InChI=1S/C19H28O/c1-19(2)13-4-3-8-17(19)18(20)16-11-9-15(10-12-16)14-6-5-7-14/h9-12,14,17-18,20H,3-8,13H2,1-2H3. The van der Waals surface area contributed by atoms with Crippen LogP contribution in [-0.2, 0) is 0 Å². The van der Waals surface area contributed by atoms with Crippen LogP contribution in [-0.4, -0.2) is 5.11 Å². The van der Waals surface area contributed by atoms with Gasteiger partial charge < -0.3 is 5.11 Å². The molecule has 1 aromatic rings. The topological polar surface area (TPSA) is 20.2 Å². The van der Waals surface area contributed by atoms with Gasteiger partial charge in [0, 0.05) is 0 Å². The van der Waals surface area contributed by atoms with Crippen molar-refractivity contribution >= 4 is 0 Å². The Bertz CT molecular complexity index is 441. The fourth-order valence-electron chi connectivity index (χ4n) is 4.05. The molecule has 2 saturated carbocycles. The summed E-state index contributed by atoms with van der Waals surface area (Å²) in [6.45, 7) is 4.64. The van der Waals surface area contributed by atoms with Crippen molar-refractivity contribution in [1.29, 1.82) is 0 Å². The third kappa shape index (κ3) is 2.65. The average Bonchev–Trinajstić information content (AvgIpc) is 2.36. The molecule has 20 heavy (non-hydrogen) atoms. The van der Waals surface area contributed by atoms with Crippen LogP contribution in [0.5, 0.6) is 0 Å². The van der Waals surface area contributed by atoms with Gasteiger partial charge in [-0.05, 0) is 54.1 Å². The quantitative estimate of drug-likeness (QED) is 0.801. The summed E-state index contributed by atoms with van der Waals surface area (Å²) in [5.74, 6) is 1.19. The van der Waals surface area contributed by atoms with Crippen molar-refractivity contribution in [2.24, 2.45) is 11.3 Å². The molecule has 0 aliphatic heterocycles. The number of hydrogen-bond acceptors (Lipinski definition) is 1. The largest absolute Gasteiger partial charge is 0.388 e. The third-order valence-electron chi connectivity index (χ3n) is 5.83. The third-order valence-corrected chi connectivity index (χ3v) is 5.83. The first-order valence-corrected chi connectivity index (χ1v) is 8.36. The highest BCUT2D eigenvalue weighted by molar-refractivity contribution is 5.28. The van der Waals surface area contributed by atoms with Gasteiger partial charge in [0.1, 0.15) is 0 Å². The van der Waals surface area contributed by atoms with E-state index in [-0.39, 0.29) is 11.5 Å². The summed E-state index contributed by atoms with van der Waals surface area (Å²) < 4.78 is 0. The molecule has 1 aromatic carbocycles. The lowest BCUT2D eigenvalue weighted by molar-refractivity contribution is 0.00384. The van der Waals surface area contributed by atoms with Crippen LogP contribution in [0.3, 0.4) is 0 Å². The Morgan fingerprint density at radius 3 is 2.25 bits per heavy atom. The van der Waals surface area contributed by atoms with Crippen LogP contribution in [0.15, 0.2) is 24.3 Å². The predicted molar refractivity (Wildman–Crippen MR) is 83.7 cm³/mol. The molecule has 0 radical (unpaired) electrons. The molecular formula is C19H28O. The van der Waals surface area contributed by atoms with E-state index in [0.29, 0.717) is 5.92 Å². The van der Waals surface area contributed by atoms with Gasteiger partial charge in [-0.2, -0.15) is 0 Å². The molecule has 0 heterocycles. The molecule has 2 atom stereocenters. The van der Waals surface area contributed by atoms with E-state index in [9.17, 15) is 5.11 Å². The molecule has 0 amide bonds. The van der Waals surface area contributed by atoms with Crippen LogP contribution in [0.25, 0.3) is 0 Å². The van der Waals surface area contributed by atoms with E-state index in [1.165, 1.54) is 50.5 Å². The number of benzene rings is 1. The first kappa shape index (κ1) is 14.1. The van der Waals surface area contributed by atoms with E-state index in [4.69, 9.17) is 0 Å². The van der Waals surface area contributed by atoms with Crippen molar-refractivity contribution in [1.82, 2.24) is 0 Å². The first-order valence-electron chi connectivity index (χ1n) is 8.36. The summed E-state index contributed by atoms with van der Waals surface area (Å²) in [5, 5.41) is 10.8. The maximum absolute atomic E-state index is 10.8. The number of hydrogen-bond donors (Lipinski definition) is 1. The first-order chi connectivity index (χ1) is 9.58. The molecular weight excluding hydrogens is 244 g/mol. The lowest BCUT2D eigenvalue weighted by atomic mass is 9.65. The SMILES string of the molecule is CC1(C)CCCCC1C(O)c1ccc(C2CCC2)cc1. The summed E-state index contributed by atoms with van der Waals surface area (Å²) in [5.41, 5.74) is 2.85. The minimum Gasteiger partial charge on any atom is -0.388 e. The van der Waals surface area contributed by atoms with Crippen molar-refractivity contribution in [3.63, 3.8) is 0 Å². The van der Waals surface area contributed by atoms with E-state index in [2.05, 4.69) is 38.1 Å². The molecule has 1 N–H and O–H groups in total. The van der Waals surface area contributed by atoms with E-state index < -0.39 is 0 Å². The Morgan fingerprint density at radius 1 is 1.00 bits per heavy atom. The fourth-order valence-corrected chi connectivity index (χ4v) is 4.05. The van der Waals surface area contributed by atoms with E-state index in [0.717, 1.165) is 11.5 Å². The maximum Gasteiger partial charge on any atom is 0.0823 e. The summed E-state index contributed by atoms with van der Waals surface area (Å²) in [7, 11) is 0. The second kappa shape index (κ2) is 5.52. The molecule has 0 saturated heterocycles. The van der Waals surface area contributed by atoms with E-state index >= 15 is 0 Å². The average molecular weight is 272 g/mol. The Kier molecular flexibility index (Phi) is 3.90. The second-order valence-corrected chi connectivity index (χ2v) is 7.58. The minimum absolute atomic E-state index is 0.268. The summed E-state index contributed by atoms with van der Waals surface area (Å²) in [4.78, 5) is 0. The number of aliphatic hydroxyl groups excluding tert-OH is 1. The molecule has 0 spiro atoms. The van der Waals surface area contributed by atoms with Crippen LogP contribution in [0.1, 0.15) is 81.9 Å².